The van der Waals surface area contributed by atoms with Gasteiger partial charge in [0.1, 0.15) is 5.01 Å². The van der Waals surface area contributed by atoms with Crippen molar-refractivity contribution in [2.45, 2.75) is 20.4 Å². The number of aryl methyl sites for hydroxylation is 2. The molecule has 96 valence electrons. The molecule has 0 atom stereocenters. The van der Waals surface area contributed by atoms with Gasteiger partial charge >= 0.3 is 0 Å². The zero-order valence-corrected chi connectivity index (χ0v) is 11.9. The Balaban J connectivity index is 1.82. The van der Waals surface area contributed by atoms with Crippen molar-refractivity contribution in [2.75, 3.05) is 5.32 Å². The van der Waals surface area contributed by atoms with Crippen LogP contribution in [0.2, 0.25) is 0 Å². The monoisotopic (exact) mass is 268 g/mol. The van der Waals surface area contributed by atoms with Crippen molar-refractivity contribution in [3.63, 3.8) is 0 Å². The molecule has 0 amide bonds. The Morgan fingerprint density at radius 1 is 1.00 bits per heavy atom. The summed E-state index contributed by atoms with van der Waals surface area (Å²) >= 11 is 1.75. The number of benzene rings is 2. The summed E-state index contributed by atoms with van der Waals surface area (Å²) in [6.07, 6.45) is 0. The number of rotatable bonds is 3. The molecule has 0 bridgehead atoms. The van der Waals surface area contributed by atoms with Gasteiger partial charge in [-0.25, -0.2) is 4.98 Å². The molecule has 3 rings (SSSR count). The van der Waals surface area contributed by atoms with Gasteiger partial charge in [-0.2, -0.15) is 0 Å². The minimum Gasteiger partial charge on any atom is -0.378 e. The number of hydrogen-bond donors (Lipinski definition) is 1. The third kappa shape index (κ3) is 2.47. The smallest absolute Gasteiger partial charge is 0.113 e. The minimum absolute atomic E-state index is 0.783. The van der Waals surface area contributed by atoms with Gasteiger partial charge in [0.25, 0.3) is 0 Å². The van der Waals surface area contributed by atoms with E-state index < -0.39 is 0 Å². The lowest BCUT2D eigenvalue weighted by Gasteiger charge is -2.11. The van der Waals surface area contributed by atoms with Crippen molar-refractivity contribution < 1.29 is 0 Å². The molecule has 0 spiro atoms. The molecular weight excluding hydrogens is 252 g/mol. The van der Waals surface area contributed by atoms with Crippen molar-refractivity contribution in [3.05, 3.63) is 58.6 Å². The van der Waals surface area contributed by atoms with Crippen molar-refractivity contribution >= 4 is 27.2 Å². The SMILES string of the molecule is Cc1cccc(C)c1NCc1nc2ccccc2s1. The zero-order valence-electron chi connectivity index (χ0n) is 11.1. The predicted molar refractivity (Wildman–Crippen MR) is 82.9 cm³/mol. The van der Waals surface area contributed by atoms with Crippen LogP contribution < -0.4 is 5.32 Å². The number of fused-ring (bicyclic) bond motifs is 1. The van der Waals surface area contributed by atoms with E-state index in [0.717, 1.165) is 17.1 Å². The second kappa shape index (κ2) is 5.02. The van der Waals surface area contributed by atoms with E-state index in [2.05, 4.69) is 60.5 Å². The maximum Gasteiger partial charge on any atom is 0.113 e. The van der Waals surface area contributed by atoms with E-state index in [4.69, 9.17) is 0 Å². The van der Waals surface area contributed by atoms with E-state index in [0.29, 0.717) is 0 Å². The summed E-state index contributed by atoms with van der Waals surface area (Å²) in [4.78, 5) is 4.64. The molecule has 0 aliphatic rings. The van der Waals surface area contributed by atoms with Crippen LogP contribution in [0.15, 0.2) is 42.5 Å². The zero-order chi connectivity index (χ0) is 13.2. The number of hydrogen-bond acceptors (Lipinski definition) is 3. The highest BCUT2D eigenvalue weighted by molar-refractivity contribution is 7.18. The van der Waals surface area contributed by atoms with E-state index in [1.807, 2.05) is 6.07 Å². The highest BCUT2D eigenvalue weighted by atomic mass is 32.1. The van der Waals surface area contributed by atoms with Crippen LogP contribution in [0.3, 0.4) is 0 Å². The molecule has 3 aromatic rings. The van der Waals surface area contributed by atoms with E-state index in [1.165, 1.54) is 21.5 Å². The summed E-state index contributed by atoms with van der Waals surface area (Å²) in [6, 6.07) is 14.6. The lowest BCUT2D eigenvalue weighted by atomic mass is 10.1. The van der Waals surface area contributed by atoms with Crippen LogP contribution in [0.25, 0.3) is 10.2 Å². The molecule has 1 N–H and O–H groups in total. The van der Waals surface area contributed by atoms with E-state index in [9.17, 15) is 0 Å². The van der Waals surface area contributed by atoms with Crippen molar-refractivity contribution in [3.8, 4) is 0 Å². The molecule has 1 heterocycles. The maximum atomic E-state index is 4.64. The Labute approximate surface area is 117 Å². The van der Waals surface area contributed by atoms with Crippen LogP contribution in [0.5, 0.6) is 0 Å². The highest BCUT2D eigenvalue weighted by Gasteiger charge is 2.05. The number of nitrogens with zero attached hydrogens (tertiary/aromatic N) is 1. The number of anilines is 1. The topological polar surface area (TPSA) is 24.9 Å². The Kier molecular flexibility index (Phi) is 3.22. The highest BCUT2D eigenvalue weighted by Crippen LogP contribution is 2.24. The summed E-state index contributed by atoms with van der Waals surface area (Å²) < 4.78 is 1.25. The van der Waals surface area contributed by atoms with Gasteiger partial charge < -0.3 is 5.32 Å². The molecule has 0 radical (unpaired) electrons. The third-order valence-corrected chi connectivity index (χ3v) is 4.27. The van der Waals surface area contributed by atoms with Crippen LogP contribution in [0.1, 0.15) is 16.1 Å². The molecule has 0 saturated carbocycles. The minimum atomic E-state index is 0.783. The van der Waals surface area contributed by atoms with Gasteiger partial charge in [-0.1, -0.05) is 30.3 Å². The molecule has 1 aromatic heterocycles. The average molecular weight is 268 g/mol. The maximum absolute atomic E-state index is 4.64. The lowest BCUT2D eigenvalue weighted by molar-refractivity contribution is 1.10. The van der Waals surface area contributed by atoms with Crippen LogP contribution in [-0.4, -0.2) is 4.98 Å². The summed E-state index contributed by atoms with van der Waals surface area (Å²) in [5.74, 6) is 0. The summed E-state index contributed by atoms with van der Waals surface area (Å²) in [5, 5.41) is 4.63. The quantitative estimate of drug-likeness (QED) is 0.755. The Morgan fingerprint density at radius 2 is 1.74 bits per heavy atom. The normalized spacial score (nSPS) is 10.8. The van der Waals surface area contributed by atoms with Crippen LogP contribution in [0, 0.1) is 13.8 Å². The fraction of sp³-hybridized carbons (Fsp3) is 0.188. The predicted octanol–water partition coefficient (Wildman–Crippen LogP) is 4.53. The van der Waals surface area contributed by atoms with Gasteiger partial charge in [-0.15, -0.1) is 11.3 Å². The lowest BCUT2D eigenvalue weighted by Crippen LogP contribution is -2.02. The van der Waals surface area contributed by atoms with Gasteiger partial charge in [0, 0.05) is 5.69 Å². The first-order valence-electron chi connectivity index (χ1n) is 6.38. The molecule has 0 saturated heterocycles. The van der Waals surface area contributed by atoms with Crippen LogP contribution in [-0.2, 0) is 6.54 Å². The van der Waals surface area contributed by atoms with Crippen LogP contribution >= 0.6 is 11.3 Å². The van der Waals surface area contributed by atoms with E-state index >= 15 is 0 Å². The van der Waals surface area contributed by atoms with E-state index in [1.54, 1.807) is 11.3 Å². The van der Waals surface area contributed by atoms with Crippen LogP contribution in [0.4, 0.5) is 5.69 Å². The number of para-hydroxylation sites is 2. The fourth-order valence-corrected chi connectivity index (χ4v) is 3.16. The molecular formula is C16H16N2S. The molecule has 19 heavy (non-hydrogen) atoms. The third-order valence-electron chi connectivity index (χ3n) is 3.24. The van der Waals surface area contributed by atoms with E-state index in [-0.39, 0.29) is 0 Å². The molecule has 0 aliphatic heterocycles. The molecule has 3 heteroatoms. The molecule has 2 nitrogen and oxygen atoms in total. The molecule has 0 aliphatic carbocycles. The van der Waals surface area contributed by atoms with Gasteiger partial charge in [0.2, 0.25) is 0 Å². The second-order valence-electron chi connectivity index (χ2n) is 4.70. The summed E-state index contributed by atoms with van der Waals surface area (Å²) in [6.45, 7) is 5.05. The summed E-state index contributed by atoms with van der Waals surface area (Å²) in [7, 11) is 0. The second-order valence-corrected chi connectivity index (χ2v) is 5.81. The van der Waals surface area contributed by atoms with Crippen molar-refractivity contribution in [1.29, 1.82) is 0 Å². The van der Waals surface area contributed by atoms with Gasteiger partial charge in [0.05, 0.1) is 16.8 Å². The first-order chi connectivity index (χ1) is 9.24. The largest absolute Gasteiger partial charge is 0.378 e. The number of thiazole rings is 1. The summed E-state index contributed by atoms with van der Waals surface area (Å²) in [5.41, 5.74) is 4.87. The standard InChI is InChI=1S/C16H16N2S/c1-11-6-5-7-12(2)16(11)17-10-15-18-13-8-3-4-9-14(13)19-15/h3-9,17H,10H2,1-2H3. The molecule has 2 aromatic carbocycles. The van der Waals surface area contributed by atoms with Gasteiger partial charge in [0.15, 0.2) is 0 Å². The van der Waals surface area contributed by atoms with Crippen molar-refractivity contribution in [1.82, 2.24) is 4.98 Å². The number of nitrogens with one attached hydrogen (secondary N) is 1. The Bertz CT molecular complexity index is 662. The van der Waals surface area contributed by atoms with Crippen molar-refractivity contribution in [2.24, 2.45) is 0 Å². The van der Waals surface area contributed by atoms with Gasteiger partial charge in [-0.05, 0) is 37.1 Å². The molecule has 0 unspecified atom stereocenters. The average Bonchev–Trinajstić information content (AvgIpc) is 2.81. The Hall–Kier alpha value is -1.87. The molecule has 0 fully saturated rings. The van der Waals surface area contributed by atoms with Gasteiger partial charge in [-0.3, -0.25) is 0 Å². The fourth-order valence-electron chi connectivity index (χ4n) is 2.25. The number of aromatic nitrogens is 1. The first-order valence-corrected chi connectivity index (χ1v) is 7.20. The Morgan fingerprint density at radius 3 is 2.47 bits per heavy atom. The first kappa shape index (κ1) is 12.2.